The van der Waals surface area contributed by atoms with Crippen molar-refractivity contribution in [2.45, 2.75) is 20.0 Å². The van der Waals surface area contributed by atoms with Gasteiger partial charge in [0, 0.05) is 5.57 Å². The van der Waals surface area contributed by atoms with Gasteiger partial charge in [-0.15, -0.1) is 0 Å². The van der Waals surface area contributed by atoms with Crippen LogP contribution in [-0.2, 0) is 14.3 Å². The number of cyclic esters (lactones) is 2. The van der Waals surface area contributed by atoms with Crippen LogP contribution in [0.1, 0.15) is 13.8 Å². The molecule has 0 saturated carbocycles. The summed E-state index contributed by atoms with van der Waals surface area (Å²) in [7, 11) is 0. The van der Waals surface area contributed by atoms with Gasteiger partial charge in [-0.2, -0.15) is 0 Å². The van der Waals surface area contributed by atoms with Crippen LogP contribution in [0, 0.1) is 0 Å². The van der Waals surface area contributed by atoms with E-state index in [4.69, 9.17) is 9.84 Å². The van der Waals surface area contributed by atoms with E-state index in [1.165, 1.54) is 6.92 Å². The lowest BCUT2D eigenvalue weighted by Gasteiger charge is -2.08. The number of carboxylic acids is 1. The van der Waals surface area contributed by atoms with Gasteiger partial charge in [-0.3, -0.25) is 0 Å². The molecule has 5 nitrogen and oxygen atoms in total. The van der Waals surface area contributed by atoms with Gasteiger partial charge in [0.2, 0.25) is 0 Å². The first kappa shape index (κ1) is 9.57. The third-order valence-corrected chi connectivity index (χ3v) is 1.99. The van der Waals surface area contributed by atoms with E-state index in [1.807, 2.05) is 0 Å². The predicted octanol–water partition coefficient (Wildman–Crippen LogP) is 0.943. The molecule has 1 aliphatic heterocycles. The van der Waals surface area contributed by atoms with E-state index in [0.29, 0.717) is 5.57 Å². The van der Waals surface area contributed by atoms with E-state index in [0.717, 1.165) is 0 Å². The van der Waals surface area contributed by atoms with E-state index >= 15 is 0 Å². The number of hydrogen-bond acceptors (Lipinski definition) is 4. The molecule has 0 aliphatic carbocycles. The van der Waals surface area contributed by atoms with E-state index in [-0.39, 0.29) is 12.2 Å². The number of aliphatic carboxylic acids is 1. The van der Waals surface area contributed by atoms with E-state index < -0.39 is 18.2 Å². The van der Waals surface area contributed by atoms with Crippen molar-refractivity contribution in [3.05, 3.63) is 11.1 Å². The minimum absolute atomic E-state index is 0.0925. The molecule has 0 spiro atoms. The summed E-state index contributed by atoms with van der Waals surface area (Å²) in [5.74, 6) is -1.01. The Labute approximate surface area is 74.9 Å². The minimum atomic E-state index is -1.01. The summed E-state index contributed by atoms with van der Waals surface area (Å²) in [6, 6.07) is 0. The molecule has 0 aromatic carbocycles. The SMILES string of the molecule is C/C(C(=O)O)=C(/C)C1COC(=O)O1. The fourth-order valence-electron chi connectivity index (χ4n) is 0.951. The summed E-state index contributed by atoms with van der Waals surface area (Å²) >= 11 is 0. The molecule has 1 N–H and O–H groups in total. The smallest absolute Gasteiger partial charge is 0.478 e. The highest BCUT2D eigenvalue weighted by Crippen LogP contribution is 2.17. The van der Waals surface area contributed by atoms with Crippen LogP contribution in [-0.4, -0.2) is 29.9 Å². The highest BCUT2D eigenvalue weighted by molar-refractivity contribution is 5.87. The molecule has 1 saturated heterocycles. The first-order chi connectivity index (χ1) is 6.02. The van der Waals surface area contributed by atoms with Crippen molar-refractivity contribution in [3.63, 3.8) is 0 Å². The number of carbonyl (C=O) groups excluding carboxylic acids is 1. The van der Waals surface area contributed by atoms with E-state index in [9.17, 15) is 9.59 Å². The second kappa shape index (κ2) is 3.47. The topological polar surface area (TPSA) is 72.8 Å². The zero-order valence-electron chi connectivity index (χ0n) is 7.36. The monoisotopic (exact) mass is 186 g/mol. The first-order valence-corrected chi connectivity index (χ1v) is 3.76. The van der Waals surface area contributed by atoms with Crippen molar-refractivity contribution < 1.29 is 24.2 Å². The van der Waals surface area contributed by atoms with Gasteiger partial charge in [0.1, 0.15) is 6.61 Å². The molecule has 72 valence electrons. The van der Waals surface area contributed by atoms with Crippen LogP contribution in [0.2, 0.25) is 0 Å². The molecule has 1 atom stereocenters. The Balaban J connectivity index is 2.77. The lowest BCUT2D eigenvalue weighted by molar-refractivity contribution is -0.132. The third-order valence-electron chi connectivity index (χ3n) is 1.99. The molecule has 1 unspecified atom stereocenters. The molecular formula is C8H10O5. The number of rotatable bonds is 2. The van der Waals surface area contributed by atoms with Gasteiger partial charge < -0.3 is 14.6 Å². The van der Waals surface area contributed by atoms with Gasteiger partial charge >= 0.3 is 12.1 Å². The van der Waals surface area contributed by atoms with Crippen LogP contribution in [0.15, 0.2) is 11.1 Å². The van der Waals surface area contributed by atoms with Gasteiger partial charge in [0.15, 0.2) is 6.10 Å². The molecule has 0 bridgehead atoms. The molecule has 13 heavy (non-hydrogen) atoms. The summed E-state index contributed by atoms with van der Waals surface area (Å²) in [5.41, 5.74) is 0.696. The summed E-state index contributed by atoms with van der Waals surface area (Å²) in [5, 5.41) is 8.64. The van der Waals surface area contributed by atoms with Gasteiger partial charge in [-0.25, -0.2) is 9.59 Å². The quantitative estimate of drug-likeness (QED) is 0.513. The maximum atomic E-state index is 10.5. The van der Waals surface area contributed by atoms with Crippen LogP contribution in [0.4, 0.5) is 4.79 Å². The molecule has 0 aromatic heterocycles. The normalized spacial score (nSPS) is 23.2. The Hall–Kier alpha value is -1.52. The Morgan fingerprint density at radius 2 is 2.15 bits per heavy atom. The van der Waals surface area contributed by atoms with E-state index in [2.05, 4.69) is 4.74 Å². The van der Waals surface area contributed by atoms with Crippen molar-refractivity contribution in [2.24, 2.45) is 0 Å². The Morgan fingerprint density at radius 1 is 1.54 bits per heavy atom. The fraction of sp³-hybridized carbons (Fsp3) is 0.500. The molecule has 0 radical (unpaired) electrons. The molecule has 5 heteroatoms. The Bertz CT molecular complexity index is 278. The highest BCUT2D eigenvalue weighted by atomic mass is 16.8. The predicted molar refractivity (Wildman–Crippen MR) is 42.2 cm³/mol. The lowest BCUT2D eigenvalue weighted by Crippen LogP contribution is -2.15. The molecule has 0 aromatic rings. The van der Waals surface area contributed by atoms with Crippen LogP contribution in [0.3, 0.4) is 0 Å². The Morgan fingerprint density at radius 3 is 2.54 bits per heavy atom. The summed E-state index contributed by atoms with van der Waals surface area (Å²) in [6.07, 6.45) is -1.30. The summed E-state index contributed by atoms with van der Waals surface area (Å²) in [4.78, 5) is 21.1. The average Bonchev–Trinajstić information content (AvgIpc) is 2.49. The number of carboxylic acid groups (broad SMARTS) is 1. The summed E-state index contributed by atoms with van der Waals surface area (Å²) in [6.45, 7) is 3.16. The second-order valence-electron chi connectivity index (χ2n) is 2.78. The van der Waals surface area contributed by atoms with Gasteiger partial charge in [0.25, 0.3) is 0 Å². The standard InChI is InChI=1S/C8H10O5/c1-4(5(2)7(9)10)6-3-12-8(11)13-6/h6H,3H2,1-2H3,(H,9,10)/b5-4+. The van der Waals surface area contributed by atoms with Gasteiger partial charge in [-0.1, -0.05) is 0 Å². The molecule has 1 fully saturated rings. The second-order valence-corrected chi connectivity index (χ2v) is 2.78. The van der Waals surface area contributed by atoms with Crippen molar-refractivity contribution in [1.29, 1.82) is 0 Å². The molecule has 1 rings (SSSR count). The molecule has 0 amide bonds. The zero-order valence-corrected chi connectivity index (χ0v) is 7.36. The maximum absolute atomic E-state index is 10.5. The van der Waals surface area contributed by atoms with Crippen molar-refractivity contribution in [2.75, 3.05) is 6.61 Å². The fourth-order valence-corrected chi connectivity index (χ4v) is 0.951. The number of carbonyl (C=O) groups is 2. The largest absolute Gasteiger partial charge is 0.509 e. The number of ether oxygens (including phenoxy) is 2. The lowest BCUT2D eigenvalue weighted by atomic mass is 10.1. The first-order valence-electron chi connectivity index (χ1n) is 3.76. The van der Waals surface area contributed by atoms with Gasteiger partial charge in [-0.05, 0) is 19.4 Å². The van der Waals surface area contributed by atoms with Gasteiger partial charge in [0.05, 0.1) is 0 Å². The van der Waals surface area contributed by atoms with Crippen LogP contribution >= 0.6 is 0 Å². The Kier molecular flexibility index (Phi) is 2.55. The highest BCUT2D eigenvalue weighted by Gasteiger charge is 2.28. The zero-order chi connectivity index (χ0) is 10.0. The number of hydrogen-bond donors (Lipinski definition) is 1. The molecule has 1 aliphatic rings. The third kappa shape index (κ3) is 1.99. The van der Waals surface area contributed by atoms with Crippen LogP contribution < -0.4 is 0 Å². The van der Waals surface area contributed by atoms with Crippen molar-refractivity contribution in [3.8, 4) is 0 Å². The van der Waals surface area contributed by atoms with Crippen LogP contribution in [0.5, 0.6) is 0 Å². The van der Waals surface area contributed by atoms with Crippen molar-refractivity contribution >= 4 is 12.1 Å². The maximum Gasteiger partial charge on any atom is 0.509 e. The minimum Gasteiger partial charge on any atom is -0.478 e. The van der Waals surface area contributed by atoms with Crippen molar-refractivity contribution in [1.82, 2.24) is 0 Å². The van der Waals surface area contributed by atoms with Crippen LogP contribution in [0.25, 0.3) is 0 Å². The summed E-state index contributed by atoms with van der Waals surface area (Å²) < 4.78 is 9.24. The van der Waals surface area contributed by atoms with E-state index in [1.54, 1.807) is 6.92 Å². The molecule has 1 heterocycles. The molecular weight excluding hydrogens is 176 g/mol. The average molecular weight is 186 g/mol.